The fourth-order valence-corrected chi connectivity index (χ4v) is 0.784. The van der Waals surface area contributed by atoms with Gasteiger partial charge in [0, 0.05) is 0 Å². The number of carbonyl (C=O) groups is 4. The number of rotatable bonds is 4. The molecular formula is C13H16O10. The zero-order valence-electron chi connectivity index (χ0n) is 11.9. The second-order valence-corrected chi connectivity index (χ2v) is 3.80. The molecule has 0 saturated carbocycles. The highest BCUT2D eigenvalue weighted by molar-refractivity contribution is 5.90. The first-order chi connectivity index (χ1) is 10.5. The third-order valence-electron chi connectivity index (χ3n) is 1.79. The van der Waals surface area contributed by atoms with Crippen molar-refractivity contribution in [3.05, 3.63) is 29.8 Å². The number of aromatic hydroxyl groups is 1. The molecule has 1 aromatic carbocycles. The first kappa shape index (κ1) is 22.1. The van der Waals surface area contributed by atoms with E-state index < -0.39 is 36.4 Å². The van der Waals surface area contributed by atoms with Gasteiger partial charge in [-0.05, 0) is 19.1 Å². The average Bonchev–Trinajstić information content (AvgIpc) is 2.38. The Morgan fingerprint density at radius 3 is 1.52 bits per heavy atom. The molecule has 0 fully saturated rings. The molecular weight excluding hydrogens is 316 g/mol. The molecule has 0 heterocycles. The first-order valence-corrected chi connectivity index (χ1v) is 5.84. The molecule has 1 rings (SSSR count). The minimum atomic E-state index is -1.31. The van der Waals surface area contributed by atoms with Crippen molar-refractivity contribution in [3.8, 4) is 5.75 Å². The number of carboxylic acid groups (broad SMARTS) is 4. The van der Waals surface area contributed by atoms with Gasteiger partial charge in [0.25, 0.3) is 0 Å². The van der Waals surface area contributed by atoms with E-state index in [9.17, 15) is 19.2 Å². The van der Waals surface area contributed by atoms with Crippen LogP contribution >= 0.6 is 0 Å². The van der Waals surface area contributed by atoms with Crippen LogP contribution in [-0.4, -0.2) is 60.6 Å². The molecule has 6 N–H and O–H groups in total. The molecule has 1 unspecified atom stereocenters. The van der Waals surface area contributed by atoms with Crippen LogP contribution in [0.15, 0.2) is 24.3 Å². The van der Waals surface area contributed by atoms with Crippen molar-refractivity contribution in [2.75, 3.05) is 0 Å². The Kier molecular flexibility index (Phi) is 11.1. The standard InChI is InChI=1S/C7H6O3.C3H4O4.C3H6O3/c8-6-4-2-1-3-5(6)7(9)10;4-2(5)1-3(6)7;1-2(4)3(5)6/h1-4,8H,(H,9,10);1H2,(H,4,5)(H,6,7);2,4H,1H3,(H,5,6). The summed E-state index contributed by atoms with van der Waals surface area (Å²) >= 11 is 0. The molecule has 10 heteroatoms. The molecule has 1 aromatic rings. The lowest BCUT2D eigenvalue weighted by Crippen LogP contribution is -2.13. The van der Waals surface area contributed by atoms with Gasteiger partial charge in [-0.1, -0.05) is 12.1 Å². The van der Waals surface area contributed by atoms with Crippen molar-refractivity contribution >= 4 is 23.9 Å². The number of phenols is 1. The Hall–Kier alpha value is -3.14. The number of aliphatic hydroxyl groups excluding tert-OH is 1. The summed E-state index contributed by atoms with van der Waals surface area (Å²) in [5.41, 5.74) is -0.0671. The third-order valence-corrected chi connectivity index (χ3v) is 1.79. The van der Waals surface area contributed by atoms with Crippen LogP contribution in [0.4, 0.5) is 0 Å². The van der Waals surface area contributed by atoms with Crippen molar-refractivity contribution < 1.29 is 49.8 Å². The zero-order valence-corrected chi connectivity index (χ0v) is 11.9. The van der Waals surface area contributed by atoms with Gasteiger partial charge < -0.3 is 30.6 Å². The van der Waals surface area contributed by atoms with Crippen LogP contribution in [0.3, 0.4) is 0 Å². The van der Waals surface area contributed by atoms with E-state index in [0.717, 1.165) is 0 Å². The Morgan fingerprint density at radius 2 is 1.35 bits per heavy atom. The van der Waals surface area contributed by atoms with Crippen LogP contribution in [0.5, 0.6) is 5.75 Å². The van der Waals surface area contributed by atoms with E-state index in [0.29, 0.717) is 0 Å². The van der Waals surface area contributed by atoms with Gasteiger partial charge in [-0.3, -0.25) is 9.59 Å². The molecule has 0 saturated heterocycles. The fraction of sp³-hybridized carbons (Fsp3) is 0.231. The number of carboxylic acids is 4. The van der Waals surface area contributed by atoms with Crippen LogP contribution in [0, 0.1) is 0 Å². The van der Waals surface area contributed by atoms with E-state index in [-0.39, 0.29) is 11.3 Å². The van der Waals surface area contributed by atoms with E-state index in [1.165, 1.54) is 19.1 Å². The normalized spacial score (nSPS) is 10.0. The molecule has 0 aromatic heterocycles. The Morgan fingerprint density at radius 1 is 0.957 bits per heavy atom. The molecule has 1 atom stereocenters. The van der Waals surface area contributed by atoms with Crippen LogP contribution in [0.2, 0.25) is 0 Å². The minimum absolute atomic E-state index is 0.0671. The van der Waals surface area contributed by atoms with Crippen molar-refractivity contribution in [1.29, 1.82) is 0 Å². The predicted octanol–water partition coefficient (Wildman–Crippen LogP) is 0.0879. The quantitative estimate of drug-likeness (QED) is 0.412. The number of aliphatic carboxylic acids is 3. The lowest BCUT2D eigenvalue weighted by Gasteiger charge is -1.95. The van der Waals surface area contributed by atoms with E-state index in [2.05, 4.69) is 0 Å². The van der Waals surface area contributed by atoms with Gasteiger partial charge in [0.05, 0.1) is 0 Å². The molecule has 0 aliphatic carbocycles. The molecule has 0 radical (unpaired) electrons. The number of hydrogen-bond donors (Lipinski definition) is 6. The summed E-state index contributed by atoms with van der Waals surface area (Å²) in [6, 6.07) is 5.81. The minimum Gasteiger partial charge on any atom is -0.507 e. The number of aliphatic hydroxyl groups is 1. The summed E-state index contributed by atoms with van der Waals surface area (Å²) in [5, 5.41) is 48.5. The molecule has 0 aliphatic rings. The van der Waals surface area contributed by atoms with Gasteiger partial charge in [-0.15, -0.1) is 0 Å². The highest BCUT2D eigenvalue weighted by Gasteiger charge is 2.05. The number of aromatic carboxylic acids is 1. The Balaban J connectivity index is 0. The van der Waals surface area contributed by atoms with Gasteiger partial charge in [-0.2, -0.15) is 0 Å². The molecule has 0 bridgehead atoms. The van der Waals surface area contributed by atoms with Gasteiger partial charge in [0.15, 0.2) is 0 Å². The number of hydrogen-bond acceptors (Lipinski definition) is 6. The topological polar surface area (TPSA) is 190 Å². The van der Waals surface area contributed by atoms with Crippen LogP contribution < -0.4 is 0 Å². The molecule has 10 nitrogen and oxygen atoms in total. The highest BCUT2D eigenvalue weighted by Crippen LogP contribution is 2.14. The Labute approximate surface area is 129 Å². The summed E-state index contributed by atoms with van der Waals surface area (Å²) in [6.45, 7) is 1.20. The van der Waals surface area contributed by atoms with Crippen molar-refractivity contribution in [1.82, 2.24) is 0 Å². The van der Waals surface area contributed by atoms with Gasteiger partial charge in [0.1, 0.15) is 23.8 Å². The monoisotopic (exact) mass is 332 g/mol. The van der Waals surface area contributed by atoms with Crippen molar-refractivity contribution in [2.45, 2.75) is 19.4 Å². The predicted molar refractivity (Wildman–Crippen MR) is 74.3 cm³/mol. The second-order valence-electron chi connectivity index (χ2n) is 3.80. The maximum Gasteiger partial charge on any atom is 0.339 e. The SMILES string of the molecule is CC(O)C(=O)O.O=C(O)CC(=O)O.O=C(O)c1ccccc1O. The van der Waals surface area contributed by atoms with Crippen molar-refractivity contribution in [3.63, 3.8) is 0 Å². The highest BCUT2D eigenvalue weighted by atomic mass is 16.4. The second kappa shape index (κ2) is 11.5. The van der Waals surface area contributed by atoms with Gasteiger partial charge in [0.2, 0.25) is 0 Å². The summed E-state index contributed by atoms with van der Waals surface area (Å²) in [5.74, 6) is -5.12. The van der Waals surface area contributed by atoms with Crippen LogP contribution in [0.25, 0.3) is 0 Å². The van der Waals surface area contributed by atoms with E-state index in [4.69, 9.17) is 30.6 Å². The summed E-state index contributed by atoms with van der Waals surface area (Å²) in [6.07, 6.45) is -2.04. The zero-order chi connectivity index (χ0) is 18.6. The summed E-state index contributed by atoms with van der Waals surface area (Å²) in [4.78, 5) is 38.6. The maximum atomic E-state index is 10.3. The largest absolute Gasteiger partial charge is 0.507 e. The van der Waals surface area contributed by atoms with Crippen molar-refractivity contribution in [2.24, 2.45) is 0 Å². The molecule has 0 amide bonds. The smallest absolute Gasteiger partial charge is 0.339 e. The lowest BCUT2D eigenvalue weighted by molar-refractivity contribution is -0.147. The summed E-state index contributed by atoms with van der Waals surface area (Å²) < 4.78 is 0. The average molecular weight is 332 g/mol. The van der Waals surface area contributed by atoms with Gasteiger partial charge in [-0.25, -0.2) is 9.59 Å². The molecule has 0 spiro atoms. The van der Waals surface area contributed by atoms with Crippen LogP contribution in [0.1, 0.15) is 23.7 Å². The van der Waals surface area contributed by atoms with Crippen LogP contribution in [-0.2, 0) is 14.4 Å². The van der Waals surface area contributed by atoms with E-state index >= 15 is 0 Å². The Bertz CT molecular complexity index is 537. The van der Waals surface area contributed by atoms with E-state index in [1.807, 2.05) is 0 Å². The third kappa shape index (κ3) is 13.6. The molecule has 23 heavy (non-hydrogen) atoms. The number of benzene rings is 1. The maximum absolute atomic E-state index is 10.3. The first-order valence-electron chi connectivity index (χ1n) is 5.84. The van der Waals surface area contributed by atoms with Gasteiger partial charge >= 0.3 is 23.9 Å². The van der Waals surface area contributed by atoms with E-state index in [1.54, 1.807) is 12.1 Å². The number of para-hydroxylation sites is 1. The molecule has 0 aliphatic heterocycles. The lowest BCUT2D eigenvalue weighted by atomic mass is 10.2. The molecule has 128 valence electrons. The summed E-state index contributed by atoms with van der Waals surface area (Å²) in [7, 11) is 0. The fourth-order valence-electron chi connectivity index (χ4n) is 0.784.